The quantitative estimate of drug-likeness (QED) is 0.363. The third kappa shape index (κ3) is 3.69. The summed E-state index contributed by atoms with van der Waals surface area (Å²) in [6, 6.07) is 8.73. The van der Waals surface area contributed by atoms with Crippen molar-refractivity contribution in [3.63, 3.8) is 0 Å². The Balaban J connectivity index is 2.09. The largest absolute Gasteiger partial charge is 0.356 e. The number of nitrogens with two attached hydrogens (primary N) is 1. The molecule has 0 fully saturated rings. The van der Waals surface area contributed by atoms with Crippen LogP contribution in [0.2, 0.25) is 0 Å². The van der Waals surface area contributed by atoms with Gasteiger partial charge in [0.25, 0.3) is 5.91 Å². The summed E-state index contributed by atoms with van der Waals surface area (Å²) in [5, 5.41) is 0. The molecule has 1 heterocycles. The van der Waals surface area contributed by atoms with Crippen LogP contribution in [0.15, 0.2) is 41.4 Å². The zero-order chi connectivity index (χ0) is 15.5. The number of benzene rings is 1. The second kappa shape index (κ2) is 6.08. The number of aryl methyl sites for hydroxylation is 1. The fourth-order valence-electron chi connectivity index (χ4n) is 1.71. The first-order chi connectivity index (χ1) is 9.92. The Morgan fingerprint density at radius 2 is 1.95 bits per heavy atom. The third-order valence-corrected chi connectivity index (χ3v) is 4.31. The average Bonchev–Trinajstić information content (AvgIpc) is 2.96. The van der Waals surface area contributed by atoms with E-state index in [-0.39, 0.29) is 17.1 Å². The Hall–Kier alpha value is -2.16. The summed E-state index contributed by atoms with van der Waals surface area (Å²) in [4.78, 5) is 13.8. The molecule has 112 valence electrons. The lowest BCUT2D eigenvalue weighted by atomic mass is 10.2. The van der Waals surface area contributed by atoms with Crippen molar-refractivity contribution in [2.75, 3.05) is 0 Å². The summed E-state index contributed by atoms with van der Waals surface area (Å²) < 4.78 is 26.7. The number of hydrazine groups is 1. The maximum atomic E-state index is 12.1. The molecule has 1 amide bonds. The van der Waals surface area contributed by atoms with Gasteiger partial charge >= 0.3 is 0 Å². The summed E-state index contributed by atoms with van der Waals surface area (Å²) in [5.41, 5.74) is 3.95. The first kappa shape index (κ1) is 15.2. The van der Waals surface area contributed by atoms with Crippen LogP contribution in [0.1, 0.15) is 21.6 Å². The number of hydrogen-bond acceptors (Lipinski definition) is 4. The zero-order valence-corrected chi connectivity index (χ0v) is 12.2. The molecule has 0 aliphatic heterocycles. The number of aromatic amines is 1. The minimum atomic E-state index is -3.69. The molecule has 0 spiro atoms. The van der Waals surface area contributed by atoms with E-state index in [1.165, 1.54) is 12.3 Å². The van der Waals surface area contributed by atoms with Crippen LogP contribution in [0.4, 0.5) is 0 Å². The van der Waals surface area contributed by atoms with Crippen molar-refractivity contribution in [3.8, 4) is 0 Å². The Labute approximate surface area is 122 Å². The van der Waals surface area contributed by atoms with Gasteiger partial charge in [0, 0.05) is 12.7 Å². The van der Waals surface area contributed by atoms with Crippen LogP contribution in [-0.4, -0.2) is 19.3 Å². The van der Waals surface area contributed by atoms with Crippen molar-refractivity contribution in [1.29, 1.82) is 0 Å². The van der Waals surface area contributed by atoms with E-state index in [4.69, 9.17) is 5.84 Å². The number of amides is 1. The molecule has 5 N–H and O–H groups in total. The van der Waals surface area contributed by atoms with Gasteiger partial charge in [-0.25, -0.2) is 19.0 Å². The fraction of sp³-hybridized carbons (Fsp3) is 0.154. The van der Waals surface area contributed by atoms with E-state index in [1.54, 1.807) is 0 Å². The number of nitrogens with one attached hydrogen (secondary N) is 3. The first-order valence-electron chi connectivity index (χ1n) is 6.17. The van der Waals surface area contributed by atoms with Crippen LogP contribution in [-0.2, 0) is 16.6 Å². The molecular formula is C13H16N4O3S. The predicted octanol–water partition coefficient (Wildman–Crippen LogP) is 0.405. The maximum Gasteiger partial charge on any atom is 0.281 e. The minimum absolute atomic E-state index is 0.0202. The first-order valence-corrected chi connectivity index (χ1v) is 7.65. The van der Waals surface area contributed by atoms with Crippen molar-refractivity contribution >= 4 is 15.9 Å². The van der Waals surface area contributed by atoms with Crippen molar-refractivity contribution in [3.05, 3.63) is 53.3 Å². The molecule has 2 aromatic rings. The molecule has 1 aromatic carbocycles. The van der Waals surface area contributed by atoms with Crippen LogP contribution < -0.4 is 16.0 Å². The molecule has 8 heteroatoms. The van der Waals surface area contributed by atoms with Gasteiger partial charge in [-0.05, 0) is 18.6 Å². The number of rotatable bonds is 5. The smallest absolute Gasteiger partial charge is 0.281 e. The molecule has 0 radical (unpaired) electrons. The lowest BCUT2D eigenvalue weighted by Crippen LogP contribution is -2.30. The highest BCUT2D eigenvalue weighted by atomic mass is 32.2. The van der Waals surface area contributed by atoms with Gasteiger partial charge in [0.15, 0.2) is 0 Å². The van der Waals surface area contributed by atoms with Crippen molar-refractivity contribution in [2.45, 2.75) is 18.4 Å². The maximum absolute atomic E-state index is 12.1. The highest BCUT2D eigenvalue weighted by Gasteiger charge is 2.17. The Bertz CT molecular complexity index is 735. The van der Waals surface area contributed by atoms with Crippen molar-refractivity contribution in [2.24, 2.45) is 5.84 Å². The highest BCUT2D eigenvalue weighted by Crippen LogP contribution is 2.11. The van der Waals surface area contributed by atoms with Gasteiger partial charge in [0.2, 0.25) is 10.0 Å². The van der Waals surface area contributed by atoms with E-state index in [0.29, 0.717) is 0 Å². The Kier molecular flexibility index (Phi) is 4.41. The van der Waals surface area contributed by atoms with E-state index in [0.717, 1.165) is 11.1 Å². The second-order valence-corrected chi connectivity index (χ2v) is 6.30. The minimum Gasteiger partial charge on any atom is -0.356 e. The van der Waals surface area contributed by atoms with Gasteiger partial charge in [-0.3, -0.25) is 10.2 Å². The molecule has 0 aliphatic rings. The Morgan fingerprint density at radius 3 is 2.57 bits per heavy atom. The number of hydrogen-bond donors (Lipinski definition) is 4. The molecular weight excluding hydrogens is 292 g/mol. The molecule has 0 atom stereocenters. The lowest BCUT2D eigenvalue weighted by molar-refractivity contribution is 0.0949. The molecule has 0 saturated heterocycles. The van der Waals surface area contributed by atoms with E-state index < -0.39 is 15.9 Å². The topological polar surface area (TPSA) is 117 Å². The summed E-state index contributed by atoms with van der Waals surface area (Å²) in [6.07, 6.45) is 1.24. The van der Waals surface area contributed by atoms with Crippen molar-refractivity contribution in [1.82, 2.24) is 15.1 Å². The molecule has 7 nitrogen and oxygen atoms in total. The van der Waals surface area contributed by atoms with E-state index >= 15 is 0 Å². The van der Waals surface area contributed by atoms with Crippen LogP contribution in [0.5, 0.6) is 0 Å². The fourth-order valence-corrected chi connectivity index (χ4v) is 2.72. The summed E-state index contributed by atoms with van der Waals surface area (Å²) in [5.74, 6) is 4.40. The van der Waals surface area contributed by atoms with Gasteiger partial charge in [-0.1, -0.05) is 29.8 Å². The van der Waals surface area contributed by atoms with Gasteiger partial charge in [-0.2, -0.15) is 0 Å². The number of carbonyl (C=O) groups excluding carboxylic acids is 1. The van der Waals surface area contributed by atoms with Gasteiger partial charge < -0.3 is 4.98 Å². The van der Waals surface area contributed by atoms with Gasteiger partial charge in [0.05, 0.1) is 0 Å². The van der Waals surface area contributed by atoms with Gasteiger partial charge in [-0.15, -0.1) is 0 Å². The Morgan fingerprint density at radius 1 is 1.29 bits per heavy atom. The molecule has 0 unspecified atom stereocenters. The standard InChI is InChI=1S/C13H16N4O3S/c1-9-2-4-10(5-3-9)7-16-21(19,20)11-6-12(15-8-11)13(18)17-14/h2-6,8,15-16H,7,14H2,1H3,(H,17,18). The SMILES string of the molecule is Cc1ccc(CNS(=O)(=O)c2c[nH]c(C(=O)NN)c2)cc1. The number of H-pyrrole nitrogens is 1. The zero-order valence-electron chi connectivity index (χ0n) is 11.4. The summed E-state index contributed by atoms with van der Waals surface area (Å²) in [6.45, 7) is 2.13. The number of carbonyl (C=O) groups is 1. The van der Waals surface area contributed by atoms with Crippen LogP contribution >= 0.6 is 0 Å². The van der Waals surface area contributed by atoms with Gasteiger partial charge in [0.1, 0.15) is 10.6 Å². The van der Waals surface area contributed by atoms with E-state index in [2.05, 4.69) is 9.71 Å². The normalized spacial score (nSPS) is 11.3. The second-order valence-electron chi connectivity index (χ2n) is 4.53. The molecule has 0 saturated carbocycles. The number of sulfonamides is 1. The molecule has 21 heavy (non-hydrogen) atoms. The van der Waals surface area contributed by atoms with Crippen molar-refractivity contribution < 1.29 is 13.2 Å². The third-order valence-electron chi connectivity index (χ3n) is 2.93. The van der Waals surface area contributed by atoms with Crippen LogP contribution in [0.3, 0.4) is 0 Å². The predicted molar refractivity (Wildman–Crippen MR) is 77.7 cm³/mol. The highest BCUT2D eigenvalue weighted by molar-refractivity contribution is 7.89. The molecule has 0 bridgehead atoms. The average molecular weight is 308 g/mol. The summed E-state index contributed by atoms with van der Waals surface area (Å²) >= 11 is 0. The molecule has 0 aliphatic carbocycles. The van der Waals surface area contributed by atoms with E-state index in [1.807, 2.05) is 36.6 Å². The van der Waals surface area contributed by atoms with E-state index in [9.17, 15) is 13.2 Å². The lowest BCUT2D eigenvalue weighted by Gasteiger charge is -2.05. The number of aromatic nitrogens is 1. The molecule has 2 rings (SSSR count). The van der Waals surface area contributed by atoms with Crippen LogP contribution in [0, 0.1) is 6.92 Å². The molecule has 1 aromatic heterocycles. The monoisotopic (exact) mass is 308 g/mol. The van der Waals surface area contributed by atoms with Crippen LogP contribution in [0.25, 0.3) is 0 Å². The number of nitrogen functional groups attached to an aromatic ring is 1. The summed E-state index contributed by atoms with van der Waals surface area (Å²) in [7, 11) is -3.69.